The molecular weight excluding hydrogens is 210 g/mol. The zero-order valence-corrected chi connectivity index (χ0v) is 10.3. The zero-order valence-electron chi connectivity index (χ0n) is 10.3. The SMILES string of the molecule is Nc1ccccc1CN1CCN2CCCC2C1. The molecule has 0 aliphatic carbocycles. The van der Waals surface area contributed by atoms with Gasteiger partial charge in [-0.05, 0) is 31.0 Å². The summed E-state index contributed by atoms with van der Waals surface area (Å²) in [5.74, 6) is 0. The summed E-state index contributed by atoms with van der Waals surface area (Å²) in [7, 11) is 0. The van der Waals surface area contributed by atoms with Crippen molar-refractivity contribution in [3.05, 3.63) is 29.8 Å². The third kappa shape index (κ3) is 2.31. The lowest BCUT2D eigenvalue weighted by Crippen LogP contribution is -2.49. The third-order valence-electron chi connectivity index (χ3n) is 4.12. The molecule has 92 valence electrons. The highest BCUT2D eigenvalue weighted by molar-refractivity contribution is 5.46. The number of nitrogen functional groups attached to an aromatic ring is 1. The number of nitrogens with zero attached hydrogens (tertiary/aromatic N) is 2. The normalized spacial score (nSPS) is 26.0. The minimum Gasteiger partial charge on any atom is -0.398 e. The second-order valence-electron chi connectivity index (χ2n) is 5.27. The van der Waals surface area contributed by atoms with Crippen LogP contribution in [0, 0.1) is 0 Å². The number of hydrogen-bond donors (Lipinski definition) is 1. The van der Waals surface area contributed by atoms with Crippen LogP contribution in [0.5, 0.6) is 0 Å². The molecule has 0 spiro atoms. The van der Waals surface area contributed by atoms with Crippen molar-refractivity contribution in [3.8, 4) is 0 Å². The average Bonchev–Trinajstić information content (AvgIpc) is 2.79. The molecule has 3 nitrogen and oxygen atoms in total. The highest BCUT2D eigenvalue weighted by Gasteiger charge is 2.30. The monoisotopic (exact) mass is 231 g/mol. The molecule has 1 atom stereocenters. The summed E-state index contributed by atoms with van der Waals surface area (Å²) in [6.45, 7) is 5.96. The van der Waals surface area contributed by atoms with Crippen molar-refractivity contribution in [2.24, 2.45) is 0 Å². The Kier molecular flexibility index (Phi) is 3.04. The van der Waals surface area contributed by atoms with Gasteiger partial charge < -0.3 is 5.73 Å². The third-order valence-corrected chi connectivity index (χ3v) is 4.12. The van der Waals surface area contributed by atoms with Crippen LogP contribution in [0.1, 0.15) is 18.4 Å². The van der Waals surface area contributed by atoms with Crippen molar-refractivity contribution < 1.29 is 0 Å². The lowest BCUT2D eigenvalue weighted by molar-refractivity contribution is 0.0995. The smallest absolute Gasteiger partial charge is 0.0359 e. The van der Waals surface area contributed by atoms with E-state index in [2.05, 4.69) is 21.9 Å². The maximum atomic E-state index is 6.01. The van der Waals surface area contributed by atoms with Crippen LogP contribution in [0.15, 0.2) is 24.3 Å². The molecule has 0 amide bonds. The van der Waals surface area contributed by atoms with E-state index in [1.165, 1.54) is 44.6 Å². The number of hydrogen-bond acceptors (Lipinski definition) is 3. The van der Waals surface area contributed by atoms with Crippen LogP contribution in [0.25, 0.3) is 0 Å². The second-order valence-corrected chi connectivity index (χ2v) is 5.27. The van der Waals surface area contributed by atoms with Gasteiger partial charge in [0, 0.05) is 37.9 Å². The Morgan fingerprint density at radius 3 is 2.94 bits per heavy atom. The summed E-state index contributed by atoms with van der Waals surface area (Å²) in [5, 5.41) is 0. The number of para-hydroxylation sites is 1. The first-order valence-corrected chi connectivity index (χ1v) is 6.63. The molecule has 2 fully saturated rings. The maximum absolute atomic E-state index is 6.01. The van der Waals surface area contributed by atoms with E-state index >= 15 is 0 Å². The van der Waals surface area contributed by atoms with Crippen molar-refractivity contribution in [2.45, 2.75) is 25.4 Å². The summed E-state index contributed by atoms with van der Waals surface area (Å²) in [4.78, 5) is 5.20. The van der Waals surface area contributed by atoms with Crippen molar-refractivity contribution >= 4 is 5.69 Å². The maximum Gasteiger partial charge on any atom is 0.0359 e. The van der Waals surface area contributed by atoms with Crippen LogP contribution < -0.4 is 5.73 Å². The van der Waals surface area contributed by atoms with Crippen molar-refractivity contribution in [3.63, 3.8) is 0 Å². The van der Waals surface area contributed by atoms with Crippen LogP contribution >= 0.6 is 0 Å². The molecule has 3 heteroatoms. The molecule has 2 saturated heterocycles. The lowest BCUT2D eigenvalue weighted by atomic mass is 10.1. The van der Waals surface area contributed by atoms with Gasteiger partial charge >= 0.3 is 0 Å². The Morgan fingerprint density at radius 2 is 2.06 bits per heavy atom. The van der Waals surface area contributed by atoms with Crippen LogP contribution in [-0.4, -0.2) is 42.0 Å². The Balaban J connectivity index is 1.64. The Labute approximate surface area is 103 Å². The number of anilines is 1. The van der Waals surface area contributed by atoms with Gasteiger partial charge in [0.05, 0.1) is 0 Å². The van der Waals surface area contributed by atoms with Crippen LogP contribution in [-0.2, 0) is 6.54 Å². The second kappa shape index (κ2) is 4.67. The molecule has 0 bridgehead atoms. The molecule has 3 rings (SSSR count). The fourth-order valence-electron chi connectivity index (χ4n) is 3.12. The molecule has 0 aromatic heterocycles. The van der Waals surface area contributed by atoms with Gasteiger partial charge in [-0.1, -0.05) is 18.2 Å². The molecule has 17 heavy (non-hydrogen) atoms. The van der Waals surface area contributed by atoms with Gasteiger partial charge in [-0.3, -0.25) is 9.80 Å². The number of piperazine rings is 1. The standard InChI is InChI=1S/C14H21N3/c15-14-6-2-1-4-12(14)10-16-8-9-17-7-3-5-13(17)11-16/h1-2,4,6,13H,3,5,7-11,15H2. The summed E-state index contributed by atoms with van der Waals surface area (Å²) in [6.07, 6.45) is 2.76. The molecule has 2 heterocycles. The minimum atomic E-state index is 0.800. The number of fused-ring (bicyclic) bond motifs is 1. The quantitative estimate of drug-likeness (QED) is 0.784. The first-order valence-electron chi connectivity index (χ1n) is 6.63. The topological polar surface area (TPSA) is 32.5 Å². The van der Waals surface area contributed by atoms with Crippen LogP contribution in [0.4, 0.5) is 5.69 Å². The highest BCUT2D eigenvalue weighted by atomic mass is 15.3. The van der Waals surface area contributed by atoms with E-state index in [0.717, 1.165) is 18.3 Å². The minimum absolute atomic E-state index is 0.800. The van der Waals surface area contributed by atoms with E-state index in [-0.39, 0.29) is 0 Å². The van der Waals surface area contributed by atoms with Gasteiger partial charge in [0.2, 0.25) is 0 Å². The van der Waals surface area contributed by atoms with E-state index < -0.39 is 0 Å². The van der Waals surface area contributed by atoms with Crippen LogP contribution in [0.3, 0.4) is 0 Å². The average molecular weight is 231 g/mol. The van der Waals surface area contributed by atoms with E-state index in [0.29, 0.717) is 0 Å². The van der Waals surface area contributed by atoms with Crippen molar-refractivity contribution in [1.82, 2.24) is 9.80 Å². The summed E-state index contributed by atoms with van der Waals surface area (Å²) in [5.41, 5.74) is 8.22. The molecular formula is C14H21N3. The molecule has 1 aromatic rings. The van der Waals surface area contributed by atoms with Gasteiger partial charge in [0.1, 0.15) is 0 Å². The van der Waals surface area contributed by atoms with Gasteiger partial charge in [0.15, 0.2) is 0 Å². The number of rotatable bonds is 2. The summed E-state index contributed by atoms with van der Waals surface area (Å²) >= 11 is 0. The van der Waals surface area contributed by atoms with E-state index in [9.17, 15) is 0 Å². The Bertz CT molecular complexity index is 391. The predicted molar refractivity (Wildman–Crippen MR) is 70.7 cm³/mol. The summed E-state index contributed by atoms with van der Waals surface area (Å²) < 4.78 is 0. The number of nitrogens with two attached hydrogens (primary N) is 1. The van der Waals surface area contributed by atoms with E-state index in [1.807, 2.05) is 12.1 Å². The molecule has 2 aliphatic rings. The van der Waals surface area contributed by atoms with Gasteiger partial charge in [-0.2, -0.15) is 0 Å². The molecule has 1 unspecified atom stereocenters. The van der Waals surface area contributed by atoms with Gasteiger partial charge in [0.25, 0.3) is 0 Å². The number of benzene rings is 1. The lowest BCUT2D eigenvalue weighted by Gasteiger charge is -2.37. The van der Waals surface area contributed by atoms with Gasteiger partial charge in [-0.25, -0.2) is 0 Å². The zero-order chi connectivity index (χ0) is 11.7. The van der Waals surface area contributed by atoms with Gasteiger partial charge in [-0.15, -0.1) is 0 Å². The first kappa shape index (κ1) is 11.1. The fourth-order valence-corrected chi connectivity index (χ4v) is 3.12. The fraction of sp³-hybridized carbons (Fsp3) is 0.571. The van der Waals surface area contributed by atoms with E-state index in [4.69, 9.17) is 5.73 Å². The first-order chi connectivity index (χ1) is 8.33. The summed E-state index contributed by atoms with van der Waals surface area (Å²) in [6, 6.07) is 9.04. The van der Waals surface area contributed by atoms with Crippen molar-refractivity contribution in [2.75, 3.05) is 31.9 Å². The van der Waals surface area contributed by atoms with E-state index in [1.54, 1.807) is 0 Å². The predicted octanol–water partition coefficient (Wildman–Crippen LogP) is 1.55. The van der Waals surface area contributed by atoms with Crippen molar-refractivity contribution in [1.29, 1.82) is 0 Å². The molecule has 2 N–H and O–H groups in total. The Hall–Kier alpha value is -1.06. The largest absolute Gasteiger partial charge is 0.398 e. The molecule has 0 saturated carbocycles. The molecule has 0 radical (unpaired) electrons. The molecule has 2 aliphatic heterocycles. The van der Waals surface area contributed by atoms with Crippen LogP contribution in [0.2, 0.25) is 0 Å². The highest BCUT2D eigenvalue weighted by Crippen LogP contribution is 2.23. The Morgan fingerprint density at radius 1 is 1.18 bits per heavy atom. The molecule has 1 aromatic carbocycles.